The van der Waals surface area contributed by atoms with Crippen LogP contribution in [-0.2, 0) is 0 Å². The van der Waals surface area contributed by atoms with Gasteiger partial charge in [0, 0.05) is 12.6 Å². The van der Waals surface area contributed by atoms with Crippen LogP contribution in [0.2, 0.25) is 0 Å². The van der Waals surface area contributed by atoms with Crippen LogP contribution in [0.5, 0.6) is 0 Å². The molecule has 1 atom stereocenters. The van der Waals surface area contributed by atoms with E-state index in [0.717, 1.165) is 19.4 Å². The van der Waals surface area contributed by atoms with Crippen molar-refractivity contribution in [2.75, 3.05) is 12.0 Å². The minimum absolute atomic E-state index is 0.0594. The fraction of sp³-hybridized carbons (Fsp3) is 0.583. The lowest BCUT2D eigenvalue weighted by atomic mass is 10.0. The molecule has 0 spiro atoms. The summed E-state index contributed by atoms with van der Waals surface area (Å²) in [4.78, 5) is 22.4. The third-order valence-electron chi connectivity index (χ3n) is 3.33. The van der Waals surface area contributed by atoms with Crippen LogP contribution in [0.25, 0.3) is 0 Å². The van der Waals surface area contributed by atoms with Crippen molar-refractivity contribution in [3.05, 3.63) is 18.1 Å². The first-order valence-corrected chi connectivity index (χ1v) is 6.23. The lowest BCUT2D eigenvalue weighted by molar-refractivity contribution is 0.0695. The number of hydrogen-bond donors (Lipinski definition) is 2. The molecular weight excluding hydrogens is 230 g/mol. The second kappa shape index (κ2) is 5.30. The molecule has 2 heterocycles. The Hall–Kier alpha value is -1.69. The zero-order valence-electron chi connectivity index (χ0n) is 10.8. The minimum atomic E-state index is -0.0594. The average molecular weight is 249 g/mol. The maximum Gasteiger partial charge on any atom is 0.274 e. The predicted octanol–water partition coefficient (Wildman–Crippen LogP) is 1.02. The van der Waals surface area contributed by atoms with Gasteiger partial charge in [0.05, 0.1) is 12.4 Å². The molecule has 0 radical (unpaired) electrons. The Morgan fingerprint density at radius 3 is 3.00 bits per heavy atom. The topological polar surface area (TPSA) is 84.1 Å². The van der Waals surface area contributed by atoms with Crippen molar-refractivity contribution in [1.29, 1.82) is 0 Å². The number of nitrogens with two attached hydrogens (primary N) is 1. The van der Waals surface area contributed by atoms with Gasteiger partial charge in [-0.3, -0.25) is 9.78 Å². The summed E-state index contributed by atoms with van der Waals surface area (Å²) in [6.07, 6.45) is 5.09. The van der Waals surface area contributed by atoms with E-state index in [4.69, 9.17) is 5.84 Å². The van der Waals surface area contributed by atoms with Gasteiger partial charge in [-0.2, -0.15) is 0 Å². The average Bonchev–Trinajstić information content (AvgIpc) is 2.87. The Morgan fingerprint density at radius 1 is 1.56 bits per heavy atom. The summed E-state index contributed by atoms with van der Waals surface area (Å²) in [6.45, 7) is 5.07. The van der Waals surface area contributed by atoms with Crippen LogP contribution >= 0.6 is 0 Å². The number of anilines is 1. The first-order chi connectivity index (χ1) is 8.63. The molecule has 18 heavy (non-hydrogen) atoms. The molecule has 1 amide bonds. The number of likely N-dealkylation sites (tertiary alicyclic amines) is 1. The molecule has 1 saturated heterocycles. The van der Waals surface area contributed by atoms with Gasteiger partial charge >= 0.3 is 0 Å². The van der Waals surface area contributed by atoms with E-state index in [-0.39, 0.29) is 5.91 Å². The Bertz CT molecular complexity index is 434. The Kier molecular flexibility index (Phi) is 3.76. The van der Waals surface area contributed by atoms with Gasteiger partial charge in [-0.1, -0.05) is 13.8 Å². The number of nitrogen functional groups attached to an aromatic ring is 1. The van der Waals surface area contributed by atoms with E-state index in [1.54, 1.807) is 0 Å². The van der Waals surface area contributed by atoms with E-state index in [1.807, 2.05) is 4.90 Å². The van der Waals surface area contributed by atoms with Gasteiger partial charge in [0.2, 0.25) is 0 Å². The molecule has 0 aliphatic carbocycles. The number of hydrazine groups is 1. The standard InChI is InChI=1S/C12H19N5O/c1-8(2)10-4-3-5-17(10)12(18)9-6-14-7-11(15-9)16-13/h6-8,10H,3-5,13H2,1-2H3,(H,15,16). The van der Waals surface area contributed by atoms with Crippen molar-refractivity contribution in [3.63, 3.8) is 0 Å². The highest BCUT2D eigenvalue weighted by atomic mass is 16.2. The fourth-order valence-electron chi connectivity index (χ4n) is 2.42. The monoisotopic (exact) mass is 249 g/mol. The zero-order valence-corrected chi connectivity index (χ0v) is 10.8. The number of carbonyl (C=O) groups excluding carboxylic acids is 1. The molecule has 6 nitrogen and oxygen atoms in total. The lowest BCUT2D eigenvalue weighted by Gasteiger charge is -2.27. The summed E-state index contributed by atoms with van der Waals surface area (Å²) in [5.74, 6) is 6.07. The lowest BCUT2D eigenvalue weighted by Crippen LogP contribution is -2.39. The SMILES string of the molecule is CC(C)C1CCCN1C(=O)c1cncc(NN)n1. The van der Waals surface area contributed by atoms with Gasteiger partial charge in [0.1, 0.15) is 5.69 Å². The number of rotatable bonds is 3. The molecular formula is C12H19N5O. The molecule has 0 aromatic carbocycles. The van der Waals surface area contributed by atoms with E-state index < -0.39 is 0 Å². The molecule has 1 fully saturated rings. The molecule has 1 aromatic rings. The van der Waals surface area contributed by atoms with Gasteiger partial charge in [-0.15, -0.1) is 0 Å². The van der Waals surface area contributed by atoms with Gasteiger partial charge in [0.25, 0.3) is 5.91 Å². The first-order valence-electron chi connectivity index (χ1n) is 6.23. The molecule has 0 bridgehead atoms. The molecule has 6 heteroatoms. The molecule has 1 aliphatic rings. The highest BCUT2D eigenvalue weighted by Gasteiger charge is 2.32. The van der Waals surface area contributed by atoms with Gasteiger partial charge in [-0.05, 0) is 18.8 Å². The van der Waals surface area contributed by atoms with Crippen molar-refractivity contribution in [1.82, 2.24) is 14.9 Å². The smallest absolute Gasteiger partial charge is 0.274 e. The Labute approximate surface area is 107 Å². The van der Waals surface area contributed by atoms with Crippen LogP contribution < -0.4 is 11.3 Å². The predicted molar refractivity (Wildman–Crippen MR) is 68.7 cm³/mol. The van der Waals surface area contributed by atoms with Crippen LogP contribution in [0.3, 0.4) is 0 Å². The molecule has 3 N–H and O–H groups in total. The van der Waals surface area contributed by atoms with Crippen LogP contribution in [0.4, 0.5) is 5.82 Å². The Morgan fingerprint density at radius 2 is 2.33 bits per heavy atom. The summed E-state index contributed by atoms with van der Waals surface area (Å²) in [6, 6.07) is 0.300. The third kappa shape index (κ3) is 2.43. The van der Waals surface area contributed by atoms with E-state index in [2.05, 4.69) is 29.2 Å². The minimum Gasteiger partial charge on any atom is -0.334 e. The van der Waals surface area contributed by atoms with Crippen LogP contribution in [0.15, 0.2) is 12.4 Å². The Balaban J connectivity index is 2.19. The molecule has 98 valence electrons. The maximum absolute atomic E-state index is 12.4. The second-order valence-corrected chi connectivity index (χ2v) is 4.89. The maximum atomic E-state index is 12.4. The van der Waals surface area contributed by atoms with Crippen molar-refractivity contribution in [3.8, 4) is 0 Å². The summed E-state index contributed by atoms with van der Waals surface area (Å²) in [5.41, 5.74) is 2.75. The highest BCUT2D eigenvalue weighted by Crippen LogP contribution is 2.25. The summed E-state index contributed by atoms with van der Waals surface area (Å²) in [5, 5.41) is 0. The third-order valence-corrected chi connectivity index (χ3v) is 3.33. The fourth-order valence-corrected chi connectivity index (χ4v) is 2.42. The summed E-state index contributed by atoms with van der Waals surface area (Å²) in [7, 11) is 0. The quantitative estimate of drug-likeness (QED) is 0.617. The van der Waals surface area contributed by atoms with Crippen LogP contribution in [0.1, 0.15) is 37.2 Å². The number of amides is 1. The van der Waals surface area contributed by atoms with Crippen LogP contribution in [0, 0.1) is 5.92 Å². The van der Waals surface area contributed by atoms with E-state index in [1.165, 1.54) is 12.4 Å². The molecule has 0 saturated carbocycles. The molecule has 1 aliphatic heterocycles. The first kappa shape index (κ1) is 12.8. The van der Waals surface area contributed by atoms with Crippen molar-refractivity contribution in [2.24, 2.45) is 11.8 Å². The highest BCUT2D eigenvalue weighted by molar-refractivity contribution is 5.92. The van der Waals surface area contributed by atoms with Crippen LogP contribution in [-0.4, -0.2) is 33.4 Å². The number of carbonyl (C=O) groups is 1. The summed E-state index contributed by atoms with van der Waals surface area (Å²) < 4.78 is 0. The van der Waals surface area contributed by atoms with Crippen molar-refractivity contribution in [2.45, 2.75) is 32.7 Å². The van der Waals surface area contributed by atoms with Gasteiger partial charge in [0.15, 0.2) is 5.82 Å². The van der Waals surface area contributed by atoms with E-state index in [0.29, 0.717) is 23.5 Å². The van der Waals surface area contributed by atoms with Gasteiger partial charge < -0.3 is 10.3 Å². The summed E-state index contributed by atoms with van der Waals surface area (Å²) >= 11 is 0. The van der Waals surface area contributed by atoms with Crippen molar-refractivity contribution < 1.29 is 4.79 Å². The van der Waals surface area contributed by atoms with E-state index >= 15 is 0 Å². The zero-order chi connectivity index (χ0) is 13.1. The number of nitrogens with zero attached hydrogens (tertiary/aromatic N) is 3. The number of nitrogens with one attached hydrogen (secondary N) is 1. The molecule has 2 rings (SSSR count). The van der Waals surface area contributed by atoms with Gasteiger partial charge in [-0.25, -0.2) is 10.8 Å². The van der Waals surface area contributed by atoms with Crippen molar-refractivity contribution >= 4 is 11.7 Å². The number of hydrogen-bond acceptors (Lipinski definition) is 5. The number of aromatic nitrogens is 2. The second-order valence-electron chi connectivity index (χ2n) is 4.89. The van der Waals surface area contributed by atoms with E-state index in [9.17, 15) is 4.79 Å². The largest absolute Gasteiger partial charge is 0.334 e. The molecule has 1 unspecified atom stereocenters. The molecule has 1 aromatic heterocycles. The normalized spacial score (nSPS) is 19.3.